The zero-order valence-corrected chi connectivity index (χ0v) is 16.8. The number of rotatable bonds is 4. The number of hydrogen-bond donors (Lipinski definition) is 0. The summed E-state index contributed by atoms with van der Waals surface area (Å²) in [4.78, 5) is 2.55. The molecule has 142 valence electrons. The van der Waals surface area contributed by atoms with Crippen LogP contribution in [0.4, 0.5) is 0 Å². The topological polar surface area (TPSA) is 30.9 Å². The minimum Gasteiger partial charge on any atom is -0.493 e. The van der Waals surface area contributed by atoms with Crippen LogP contribution in [0, 0.1) is 5.41 Å². The second-order valence-corrected chi connectivity index (χ2v) is 7.91. The Bertz CT molecular complexity index is 570. The van der Waals surface area contributed by atoms with Crippen molar-refractivity contribution in [3.05, 3.63) is 23.3 Å². The van der Waals surface area contributed by atoms with Crippen molar-refractivity contribution in [3.63, 3.8) is 0 Å². The molecule has 0 bridgehead atoms. The van der Waals surface area contributed by atoms with Crippen molar-refractivity contribution in [1.29, 1.82) is 0 Å². The molecule has 0 spiro atoms. The predicted octanol–water partition coefficient (Wildman–Crippen LogP) is 4.25. The smallest absolute Gasteiger partial charge is 0.161 e. The number of ether oxygens (including phenoxy) is 3. The second-order valence-electron chi connectivity index (χ2n) is 7.91. The Morgan fingerprint density at radius 3 is 2.36 bits per heavy atom. The Morgan fingerprint density at radius 2 is 1.72 bits per heavy atom. The summed E-state index contributed by atoms with van der Waals surface area (Å²) < 4.78 is 17.4. The molecule has 1 saturated heterocycles. The quantitative estimate of drug-likeness (QED) is 0.793. The first kappa shape index (κ1) is 20.3. The van der Waals surface area contributed by atoms with Crippen LogP contribution in [0.5, 0.6) is 11.5 Å². The van der Waals surface area contributed by atoms with E-state index in [1.807, 2.05) is 0 Å². The van der Waals surface area contributed by atoms with Gasteiger partial charge in [0.25, 0.3) is 0 Å². The molecule has 1 unspecified atom stereocenters. The molecule has 0 aromatic heterocycles. The van der Waals surface area contributed by atoms with Crippen molar-refractivity contribution in [1.82, 2.24) is 4.90 Å². The van der Waals surface area contributed by atoms with Crippen LogP contribution in [0.3, 0.4) is 0 Å². The molecule has 0 amide bonds. The van der Waals surface area contributed by atoms with Gasteiger partial charge in [-0.25, -0.2) is 0 Å². The molecule has 5 heteroatoms. The molecule has 1 aromatic rings. The summed E-state index contributed by atoms with van der Waals surface area (Å²) >= 11 is 0. The lowest BCUT2D eigenvalue weighted by Crippen LogP contribution is -2.34. The zero-order valence-electron chi connectivity index (χ0n) is 16.0. The van der Waals surface area contributed by atoms with Gasteiger partial charge < -0.3 is 19.1 Å². The summed E-state index contributed by atoms with van der Waals surface area (Å²) in [7, 11) is 3.40. The van der Waals surface area contributed by atoms with E-state index >= 15 is 0 Å². The molecule has 4 nitrogen and oxygen atoms in total. The third kappa shape index (κ3) is 4.81. The fraction of sp³-hybridized carbons (Fsp3) is 0.700. The standard InChI is InChI=1S/C20H31NO3.ClH/c1-20(2)12-15-10-17(22-3)18(23-4)11-16(15)19(24-14-20)13-21-8-6-5-7-9-21;/h10-11,19H,5-9,12-14H2,1-4H3;1H. The summed E-state index contributed by atoms with van der Waals surface area (Å²) in [6, 6.07) is 4.28. The number of halogens is 1. The fourth-order valence-electron chi connectivity index (χ4n) is 3.90. The Labute approximate surface area is 158 Å². The molecule has 0 radical (unpaired) electrons. The van der Waals surface area contributed by atoms with Gasteiger partial charge in [-0.15, -0.1) is 12.4 Å². The van der Waals surface area contributed by atoms with Crippen LogP contribution in [-0.4, -0.2) is 45.4 Å². The maximum absolute atomic E-state index is 6.38. The SMILES string of the molecule is COc1cc2c(cc1OC)C(CN1CCCCC1)OCC(C)(C)C2.Cl. The van der Waals surface area contributed by atoms with E-state index in [0.717, 1.165) is 31.1 Å². The Morgan fingerprint density at radius 1 is 1.08 bits per heavy atom. The number of benzene rings is 1. The summed E-state index contributed by atoms with van der Waals surface area (Å²) in [6.07, 6.45) is 5.07. The Kier molecular flexibility index (Phi) is 7.01. The highest BCUT2D eigenvalue weighted by molar-refractivity contribution is 5.85. The van der Waals surface area contributed by atoms with Gasteiger partial charge in [-0.1, -0.05) is 20.3 Å². The van der Waals surface area contributed by atoms with Gasteiger partial charge in [-0.2, -0.15) is 0 Å². The average Bonchev–Trinajstić information content (AvgIpc) is 2.70. The molecule has 2 aliphatic rings. The molecule has 2 aliphatic heterocycles. The predicted molar refractivity (Wildman–Crippen MR) is 103 cm³/mol. The number of hydrogen-bond acceptors (Lipinski definition) is 4. The van der Waals surface area contributed by atoms with Crippen LogP contribution in [0.25, 0.3) is 0 Å². The first-order valence-corrected chi connectivity index (χ1v) is 9.11. The van der Waals surface area contributed by atoms with Gasteiger partial charge in [0.05, 0.1) is 26.9 Å². The summed E-state index contributed by atoms with van der Waals surface area (Å²) in [5.41, 5.74) is 2.73. The number of fused-ring (bicyclic) bond motifs is 1. The van der Waals surface area contributed by atoms with E-state index in [2.05, 4.69) is 30.9 Å². The third-order valence-electron chi connectivity index (χ3n) is 5.21. The fourth-order valence-corrected chi connectivity index (χ4v) is 3.90. The molecule has 1 aromatic carbocycles. The van der Waals surface area contributed by atoms with E-state index in [-0.39, 0.29) is 23.9 Å². The highest BCUT2D eigenvalue weighted by Gasteiger charge is 2.31. The van der Waals surface area contributed by atoms with Crippen LogP contribution < -0.4 is 9.47 Å². The maximum Gasteiger partial charge on any atom is 0.161 e. The lowest BCUT2D eigenvalue weighted by Gasteiger charge is -2.31. The van der Waals surface area contributed by atoms with Gasteiger partial charge in [-0.3, -0.25) is 0 Å². The highest BCUT2D eigenvalue weighted by atomic mass is 35.5. The van der Waals surface area contributed by atoms with Crippen LogP contribution >= 0.6 is 12.4 Å². The number of methoxy groups -OCH3 is 2. The van der Waals surface area contributed by atoms with E-state index in [1.54, 1.807) is 14.2 Å². The lowest BCUT2D eigenvalue weighted by molar-refractivity contribution is -0.0110. The average molecular weight is 370 g/mol. The van der Waals surface area contributed by atoms with E-state index < -0.39 is 0 Å². The Balaban J connectivity index is 0.00000225. The lowest BCUT2D eigenvalue weighted by atomic mass is 9.85. The van der Waals surface area contributed by atoms with E-state index in [0.29, 0.717) is 0 Å². The third-order valence-corrected chi connectivity index (χ3v) is 5.21. The van der Waals surface area contributed by atoms with Crippen molar-refractivity contribution in [2.75, 3.05) is 40.5 Å². The maximum atomic E-state index is 6.38. The normalized spacial score (nSPS) is 23.1. The summed E-state index contributed by atoms with van der Waals surface area (Å²) in [5.74, 6) is 1.61. The molecule has 25 heavy (non-hydrogen) atoms. The van der Waals surface area contributed by atoms with Crippen LogP contribution in [-0.2, 0) is 11.2 Å². The molecule has 0 saturated carbocycles. The van der Waals surface area contributed by atoms with E-state index in [4.69, 9.17) is 14.2 Å². The molecule has 0 N–H and O–H groups in total. The van der Waals surface area contributed by atoms with Crippen molar-refractivity contribution in [2.24, 2.45) is 5.41 Å². The first-order valence-electron chi connectivity index (χ1n) is 9.11. The zero-order chi connectivity index (χ0) is 17.2. The van der Waals surface area contributed by atoms with Gasteiger partial charge in [0.15, 0.2) is 11.5 Å². The van der Waals surface area contributed by atoms with Gasteiger partial charge in [0.2, 0.25) is 0 Å². The minimum absolute atomic E-state index is 0. The van der Waals surface area contributed by atoms with Crippen molar-refractivity contribution in [2.45, 2.75) is 45.6 Å². The molecule has 2 heterocycles. The van der Waals surface area contributed by atoms with Crippen LogP contribution in [0.2, 0.25) is 0 Å². The largest absolute Gasteiger partial charge is 0.493 e. The monoisotopic (exact) mass is 369 g/mol. The summed E-state index contributed by atoms with van der Waals surface area (Å²) in [6.45, 7) is 8.68. The van der Waals surface area contributed by atoms with Gasteiger partial charge >= 0.3 is 0 Å². The van der Waals surface area contributed by atoms with Gasteiger partial charge in [-0.05, 0) is 61.0 Å². The highest BCUT2D eigenvalue weighted by Crippen LogP contribution is 2.40. The van der Waals surface area contributed by atoms with Crippen molar-refractivity contribution in [3.8, 4) is 11.5 Å². The second kappa shape index (κ2) is 8.61. The van der Waals surface area contributed by atoms with Crippen molar-refractivity contribution >= 4 is 12.4 Å². The molecule has 1 atom stereocenters. The van der Waals surface area contributed by atoms with Crippen LogP contribution in [0.15, 0.2) is 12.1 Å². The molecular weight excluding hydrogens is 338 g/mol. The molecular formula is C20H32ClNO3. The van der Waals surface area contributed by atoms with Crippen LogP contribution in [0.1, 0.15) is 50.3 Å². The minimum atomic E-state index is 0. The van der Waals surface area contributed by atoms with E-state index in [9.17, 15) is 0 Å². The number of nitrogens with zero attached hydrogens (tertiary/aromatic N) is 1. The van der Waals surface area contributed by atoms with Gasteiger partial charge in [0, 0.05) is 6.54 Å². The van der Waals surface area contributed by atoms with E-state index in [1.165, 1.54) is 43.5 Å². The molecule has 3 rings (SSSR count). The van der Waals surface area contributed by atoms with Gasteiger partial charge in [0.1, 0.15) is 0 Å². The Hall–Kier alpha value is -0.970. The number of likely N-dealkylation sites (tertiary alicyclic amines) is 1. The molecule has 0 aliphatic carbocycles. The number of piperidine rings is 1. The first-order chi connectivity index (χ1) is 11.5. The molecule has 1 fully saturated rings. The summed E-state index contributed by atoms with van der Waals surface area (Å²) in [5, 5.41) is 0. The van der Waals surface area contributed by atoms with Crippen molar-refractivity contribution < 1.29 is 14.2 Å².